The highest BCUT2D eigenvalue weighted by molar-refractivity contribution is 5.89. The summed E-state index contributed by atoms with van der Waals surface area (Å²) in [4.78, 5) is 14.4. The summed E-state index contributed by atoms with van der Waals surface area (Å²) >= 11 is 0. The van der Waals surface area contributed by atoms with Gasteiger partial charge in [-0.05, 0) is 6.07 Å². The van der Waals surface area contributed by atoms with Crippen molar-refractivity contribution in [3.8, 4) is 0 Å². The fourth-order valence-electron chi connectivity index (χ4n) is 1.61. The molecule has 0 aliphatic rings. The Kier molecular flexibility index (Phi) is 2.43. The first kappa shape index (κ1) is 9.73. The molecule has 0 aliphatic carbocycles. The van der Waals surface area contributed by atoms with Crippen LogP contribution in [0.2, 0.25) is 0 Å². The minimum atomic E-state index is -0.730. The van der Waals surface area contributed by atoms with E-state index in [9.17, 15) is 4.79 Å². The Balaban J connectivity index is 2.48. The summed E-state index contributed by atoms with van der Waals surface area (Å²) in [5.41, 5.74) is 7.49. The molecule has 0 saturated carbocycles. The van der Waals surface area contributed by atoms with Gasteiger partial charge in [0.05, 0.1) is 7.11 Å². The SMILES string of the molecule is COC(=O)[C@@H](N)c1c[nH]c2ccccc12. The molecule has 4 heteroatoms. The molecule has 0 radical (unpaired) electrons. The Bertz CT molecular complexity index is 490. The molecule has 78 valence electrons. The zero-order valence-electron chi connectivity index (χ0n) is 8.36. The summed E-state index contributed by atoms with van der Waals surface area (Å²) in [7, 11) is 1.33. The number of para-hydroxylation sites is 1. The number of methoxy groups -OCH3 is 1. The molecule has 0 unspecified atom stereocenters. The number of carbonyl (C=O) groups is 1. The van der Waals surface area contributed by atoms with Crippen molar-refractivity contribution in [1.82, 2.24) is 4.98 Å². The lowest BCUT2D eigenvalue weighted by Crippen LogP contribution is -2.22. The van der Waals surface area contributed by atoms with Crippen LogP contribution in [-0.2, 0) is 9.53 Å². The predicted octanol–water partition coefficient (Wildman–Crippen LogP) is 1.34. The number of fused-ring (bicyclic) bond motifs is 1. The molecule has 0 fully saturated rings. The van der Waals surface area contributed by atoms with Crippen molar-refractivity contribution in [2.24, 2.45) is 5.73 Å². The topological polar surface area (TPSA) is 68.1 Å². The first-order valence-electron chi connectivity index (χ1n) is 4.63. The Morgan fingerprint density at radius 3 is 2.93 bits per heavy atom. The van der Waals surface area contributed by atoms with Crippen LogP contribution in [0.15, 0.2) is 30.5 Å². The zero-order chi connectivity index (χ0) is 10.8. The van der Waals surface area contributed by atoms with Crippen LogP contribution in [0.3, 0.4) is 0 Å². The van der Waals surface area contributed by atoms with Gasteiger partial charge in [-0.2, -0.15) is 0 Å². The number of aromatic amines is 1. The van der Waals surface area contributed by atoms with E-state index in [1.54, 1.807) is 6.20 Å². The maximum absolute atomic E-state index is 11.3. The van der Waals surface area contributed by atoms with Gasteiger partial charge in [-0.1, -0.05) is 18.2 Å². The Hall–Kier alpha value is -1.81. The molecule has 0 saturated heterocycles. The Morgan fingerprint density at radius 2 is 2.20 bits per heavy atom. The molecule has 2 rings (SSSR count). The molecule has 15 heavy (non-hydrogen) atoms. The lowest BCUT2D eigenvalue weighted by atomic mass is 10.1. The first-order valence-corrected chi connectivity index (χ1v) is 4.63. The van der Waals surface area contributed by atoms with Gasteiger partial charge < -0.3 is 15.5 Å². The monoisotopic (exact) mass is 204 g/mol. The summed E-state index contributed by atoms with van der Waals surface area (Å²) in [5, 5.41) is 0.954. The van der Waals surface area contributed by atoms with Gasteiger partial charge in [-0.3, -0.25) is 4.79 Å². The van der Waals surface area contributed by atoms with E-state index in [1.807, 2.05) is 24.3 Å². The molecule has 0 spiro atoms. The van der Waals surface area contributed by atoms with Crippen LogP contribution in [-0.4, -0.2) is 18.1 Å². The fourth-order valence-corrected chi connectivity index (χ4v) is 1.61. The highest BCUT2D eigenvalue weighted by Gasteiger charge is 2.19. The third-order valence-corrected chi connectivity index (χ3v) is 2.41. The molecule has 1 aromatic heterocycles. The van der Waals surface area contributed by atoms with E-state index in [0.29, 0.717) is 0 Å². The third-order valence-electron chi connectivity index (χ3n) is 2.41. The van der Waals surface area contributed by atoms with E-state index < -0.39 is 12.0 Å². The van der Waals surface area contributed by atoms with Gasteiger partial charge in [0.25, 0.3) is 0 Å². The van der Waals surface area contributed by atoms with Gasteiger partial charge in [0.2, 0.25) is 0 Å². The zero-order valence-corrected chi connectivity index (χ0v) is 8.36. The fraction of sp³-hybridized carbons (Fsp3) is 0.182. The van der Waals surface area contributed by atoms with Crippen LogP contribution in [0.1, 0.15) is 11.6 Å². The largest absolute Gasteiger partial charge is 0.468 e. The van der Waals surface area contributed by atoms with Crippen LogP contribution < -0.4 is 5.73 Å². The van der Waals surface area contributed by atoms with Crippen molar-refractivity contribution in [1.29, 1.82) is 0 Å². The van der Waals surface area contributed by atoms with Crippen molar-refractivity contribution in [2.45, 2.75) is 6.04 Å². The number of H-pyrrole nitrogens is 1. The number of ether oxygens (including phenoxy) is 1. The van der Waals surface area contributed by atoms with Crippen molar-refractivity contribution in [3.05, 3.63) is 36.0 Å². The van der Waals surface area contributed by atoms with E-state index in [2.05, 4.69) is 9.72 Å². The lowest BCUT2D eigenvalue weighted by molar-refractivity contribution is -0.142. The molecule has 3 N–H and O–H groups in total. The van der Waals surface area contributed by atoms with Crippen molar-refractivity contribution < 1.29 is 9.53 Å². The summed E-state index contributed by atoms with van der Waals surface area (Å²) in [5.74, 6) is -0.431. The average molecular weight is 204 g/mol. The molecule has 1 heterocycles. The second kappa shape index (κ2) is 3.74. The number of hydrogen-bond donors (Lipinski definition) is 2. The van der Waals surface area contributed by atoms with Crippen molar-refractivity contribution in [2.75, 3.05) is 7.11 Å². The highest BCUT2D eigenvalue weighted by Crippen LogP contribution is 2.23. The minimum Gasteiger partial charge on any atom is -0.468 e. The van der Waals surface area contributed by atoms with E-state index in [1.165, 1.54) is 7.11 Å². The normalized spacial score (nSPS) is 12.7. The van der Waals surface area contributed by atoms with Crippen LogP contribution in [0.25, 0.3) is 10.9 Å². The van der Waals surface area contributed by atoms with Crippen molar-refractivity contribution in [3.63, 3.8) is 0 Å². The highest BCUT2D eigenvalue weighted by atomic mass is 16.5. The van der Waals surface area contributed by atoms with Gasteiger partial charge in [0.1, 0.15) is 6.04 Å². The number of esters is 1. The first-order chi connectivity index (χ1) is 7.24. The molecular weight excluding hydrogens is 192 g/mol. The van der Waals surface area contributed by atoms with Crippen molar-refractivity contribution >= 4 is 16.9 Å². The van der Waals surface area contributed by atoms with Gasteiger partial charge >= 0.3 is 5.97 Å². The maximum Gasteiger partial charge on any atom is 0.327 e. The second-order valence-electron chi connectivity index (χ2n) is 3.29. The number of rotatable bonds is 2. The average Bonchev–Trinajstić information content (AvgIpc) is 2.70. The molecular formula is C11H12N2O2. The third kappa shape index (κ3) is 1.59. The maximum atomic E-state index is 11.3. The predicted molar refractivity (Wildman–Crippen MR) is 57.2 cm³/mol. The van der Waals surface area contributed by atoms with Gasteiger partial charge in [0.15, 0.2) is 0 Å². The van der Waals surface area contributed by atoms with Gasteiger partial charge in [0, 0.05) is 22.7 Å². The van der Waals surface area contributed by atoms with Crippen LogP contribution in [0, 0.1) is 0 Å². The smallest absolute Gasteiger partial charge is 0.327 e. The number of hydrogen-bond acceptors (Lipinski definition) is 3. The Morgan fingerprint density at radius 1 is 1.47 bits per heavy atom. The number of benzene rings is 1. The van der Waals surface area contributed by atoms with E-state index in [4.69, 9.17) is 5.73 Å². The molecule has 0 aliphatic heterocycles. The van der Waals surface area contributed by atoms with E-state index in [-0.39, 0.29) is 0 Å². The van der Waals surface area contributed by atoms with E-state index >= 15 is 0 Å². The summed E-state index contributed by atoms with van der Waals surface area (Å²) < 4.78 is 4.61. The number of nitrogens with two attached hydrogens (primary N) is 1. The van der Waals surface area contributed by atoms with Gasteiger partial charge in [-0.15, -0.1) is 0 Å². The van der Waals surface area contributed by atoms with Gasteiger partial charge in [-0.25, -0.2) is 0 Å². The number of aromatic nitrogens is 1. The second-order valence-corrected chi connectivity index (χ2v) is 3.29. The van der Waals surface area contributed by atoms with E-state index in [0.717, 1.165) is 16.5 Å². The lowest BCUT2D eigenvalue weighted by Gasteiger charge is -2.07. The van der Waals surface area contributed by atoms with Crippen LogP contribution in [0.4, 0.5) is 0 Å². The number of nitrogens with one attached hydrogen (secondary N) is 1. The molecule has 0 bridgehead atoms. The summed E-state index contributed by atoms with van der Waals surface area (Å²) in [6.45, 7) is 0. The minimum absolute atomic E-state index is 0.431. The molecule has 1 atom stereocenters. The number of carbonyl (C=O) groups excluding carboxylic acids is 1. The molecule has 2 aromatic rings. The summed E-state index contributed by atoms with van der Waals surface area (Å²) in [6, 6.07) is 6.95. The molecule has 0 amide bonds. The van der Waals surface area contributed by atoms with Crippen LogP contribution in [0.5, 0.6) is 0 Å². The standard InChI is InChI=1S/C11H12N2O2/c1-15-11(14)10(12)8-6-13-9-5-3-2-4-7(8)9/h2-6,10,13H,12H2,1H3/t10-/m0/s1. The summed E-state index contributed by atoms with van der Waals surface area (Å²) in [6.07, 6.45) is 1.74. The molecule has 1 aromatic carbocycles. The Labute approximate surface area is 87.0 Å². The van der Waals surface area contributed by atoms with Crippen LogP contribution >= 0.6 is 0 Å². The molecule has 4 nitrogen and oxygen atoms in total. The quantitative estimate of drug-likeness (QED) is 0.725.